The van der Waals surface area contributed by atoms with Gasteiger partial charge in [0.15, 0.2) is 0 Å². The van der Waals surface area contributed by atoms with Crippen molar-refractivity contribution >= 4 is 34.6 Å². The number of anilines is 1. The van der Waals surface area contributed by atoms with E-state index < -0.39 is 0 Å². The van der Waals surface area contributed by atoms with E-state index >= 15 is 0 Å². The third-order valence-electron chi connectivity index (χ3n) is 4.76. The van der Waals surface area contributed by atoms with Crippen LogP contribution >= 0.6 is 22.9 Å². The molecular formula is C21H17ClN6S. The highest BCUT2D eigenvalue weighted by Gasteiger charge is 2.26. The van der Waals surface area contributed by atoms with Gasteiger partial charge in [0.2, 0.25) is 0 Å². The van der Waals surface area contributed by atoms with E-state index in [2.05, 4.69) is 32.7 Å². The molecule has 0 atom stereocenters. The topological polar surface area (TPSA) is 59.2 Å². The van der Waals surface area contributed by atoms with E-state index in [1.54, 1.807) is 11.3 Å². The second kappa shape index (κ2) is 7.09. The van der Waals surface area contributed by atoms with E-state index in [0.29, 0.717) is 17.5 Å². The number of thiazole rings is 1. The molecule has 0 saturated carbocycles. The fourth-order valence-corrected chi connectivity index (χ4v) is 4.18. The molecule has 1 aliphatic heterocycles. The van der Waals surface area contributed by atoms with Crippen LogP contribution in [0.25, 0.3) is 5.69 Å². The average Bonchev–Trinajstić information content (AvgIpc) is 3.27. The Hall–Kier alpha value is -3.03. The molecule has 8 heteroatoms. The van der Waals surface area contributed by atoms with Gasteiger partial charge in [-0.25, -0.2) is 9.99 Å². The number of hydrazone groups is 1. The molecule has 0 N–H and O–H groups in total. The Kier molecular flexibility index (Phi) is 4.41. The molecule has 29 heavy (non-hydrogen) atoms. The van der Waals surface area contributed by atoms with Crippen LogP contribution in [-0.2, 0) is 6.54 Å². The van der Waals surface area contributed by atoms with Crippen molar-refractivity contribution in [3.63, 3.8) is 0 Å². The van der Waals surface area contributed by atoms with E-state index in [0.717, 1.165) is 39.1 Å². The summed E-state index contributed by atoms with van der Waals surface area (Å²) in [7, 11) is 0. The smallest absolute Gasteiger partial charge is 0.252 e. The van der Waals surface area contributed by atoms with Gasteiger partial charge in [0.25, 0.3) is 5.95 Å². The lowest BCUT2D eigenvalue weighted by Gasteiger charge is -2.16. The summed E-state index contributed by atoms with van der Waals surface area (Å²) in [5, 5.41) is 19.4. The van der Waals surface area contributed by atoms with Crippen LogP contribution in [0.3, 0.4) is 0 Å². The molecule has 3 heterocycles. The van der Waals surface area contributed by atoms with Crippen LogP contribution in [0.2, 0.25) is 5.02 Å². The van der Waals surface area contributed by atoms with Crippen molar-refractivity contribution in [1.29, 1.82) is 0 Å². The summed E-state index contributed by atoms with van der Waals surface area (Å²) >= 11 is 7.74. The lowest BCUT2D eigenvalue weighted by molar-refractivity contribution is 0.781. The molecule has 0 saturated heterocycles. The van der Waals surface area contributed by atoms with Gasteiger partial charge >= 0.3 is 0 Å². The molecule has 2 aromatic heterocycles. The number of hydrogen-bond donors (Lipinski definition) is 0. The quantitative estimate of drug-likeness (QED) is 0.479. The van der Waals surface area contributed by atoms with Crippen LogP contribution in [0.1, 0.15) is 27.7 Å². The zero-order valence-corrected chi connectivity index (χ0v) is 17.4. The number of halogens is 1. The highest BCUT2D eigenvalue weighted by Crippen LogP contribution is 2.30. The van der Waals surface area contributed by atoms with Gasteiger partial charge in [0.05, 0.1) is 22.9 Å². The lowest BCUT2D eigenvalue weighted by Crippen LogP contribution is -2.20. The highest BCUT2D eigenvalue weighted by atomic mass is 35.5. The number of benzene rings is 2. The van der Waals surface area contributed by atoms with Crippen molar-refractivity contribution in [2.24, 2.45) is 5.10 Å². The minimum absolute atomic E-state index is 0.507. The first-order chi connectivity index (χ1) is 14.1. The second-order valence-corrected chi connectivity index (χ2v) is 8.27. The number of nitrogens with zero attached hydrogens (tertiary/aromatic N) is 6. The zero-order chi connectivity index (χ0) is 20.0. The molecule has 2 aromatic carbocycles. The Bertz CT molecular complexity index is 1220. The first-order valence-corrected chi connectivity index (χ1v) is 10.4. The Labute approximate surface area is 177 Å². The highest BCUT2D eigenvalue weighted by molar-refractivity contribution is 7.09. The molecule has 144 valence electrons. The molecular weight excluding hydrogens is 404 g/mol. The fourth-order valence-electron chi connectivity index (χ4n) is 3.45. The molecule has 0 spiro atoms. The van der Waals surface area contributed by atoms with E-state index in [1.807, 2.05) is 59.8 Å². The van der Waals surface area contributed by atoms with E-state index in [9.17, 15) is 0 Å². The predicted octanol–water partition coefficient (Wildman–Crippen LogP) is 4.77. The van der Waals surface area contributed by atoms with E-state index in [4.69, 9.17) is 16.7 Å². The summed E-state index contributed by atoms with van der Waals surface area (Å²) in [5.74, 6) is 1.48. The number of aromatic nitrogens is 4. The SMILES string of the molecule is Cc1nc(CN2N=C(c3ccc(Cl)cc3)c3ccccc3-n3c(C)nnc32)cs1. The summed E-state index contributed by atoms with van der Waals surface area (Å²) in [6, 6.07) is 15.9. The molecule has 0 aliphatic carbocycles. The third-order valence-corrected chi connectivity index (χ3v) is 5.83. The van der Waals surface area contributed by atoms with Crippen molar-refractivity contribution in [2.45, 2.75) is 20.4 Å². The maximum atomic E-state index is 6.12. The summed E-state index contributed by atoms with van der Waals surface area (Å²) < 4.78 is 2.04. The molecule has 6 nitrogen and oxygen atoms in total. The minimum Gasteiger partial charge on any atom is -0.263 e. The van der Waals surface area contributed by atoms with Crippen molar-refractivity contribution in [1.82, 2.24) is 19.7 Å². The number of aryl methyl sites for hydroxylation is 2. The van der Waals surface area contributed by atoms with Crippen molar-refractivity contribution in [3.05, 3.63) is 86.6 Å². The molecule has 0 amide bonds. The molecule has 4 aromatic rings. The first-order valence-electron chi connectivity index (χ1n) is 9.15. The Morgan fingerprint density at radius 3 is 2.55 bits per heavy atom. The van der Waals surface area contributed by atoms with Gasteiger partial charge in [-0.15, -0.1) is 21.5 Å². The molecule has 0 radical (unpaired) electrons. The van der Waals surface area contributed by atoms with Crippen molar-refractivity contribution < 1.29 is 0 Å². The van der Waals surface area contributed by atoms with Gasteiger partial charge in [-0.1, -0.05) is 41.9 Å². The Morgan fingerprint density at radius 1 is 1.00 bits per heavy atom. The van der Waals surface area contributed by atoms with Crippen LogP contribution in [0.4, 0.5) is 5.95 Å². The van der Waals surface area contributed by atoms with Crippen LogP contribution in [0.5, 0.6) is 0 Å². The minimum atomic E-state index is 0.507. The van der Waals surface area contributed by atoms with Gasteiger partial charge in [-0.05, 0) is 32.0 Å². The first kappa shape index (κ1) is 18.0. The Balaban J connectivity index is 1.73. The third kappa shape index (κ3) is 3.22. The maximum Gasteiger partial charge on any atom is 0.252 e. The fraction of sp³-hybridized carbons (Fsp3) is 0.143. The van der Waals surface area contributed by atoms with Crippen LogP contribution in [-0.4, -0.2) is 25.5 Å². The van der Waals surface area contributed by atoms with Gasteiger partial charge < -0.3 is 0 Å². The summed E-state index contributed by atoms with van der Waals surface area (Å²) in [5.41, 5.74) is 4.79. The van der Waals surface area contributed by atoms with E-state index in [1.165, 1.54) is 0 Å². The van der Waals surface area contributed by atoms with Crippen LogP contribution in [0.15, 0.2) is 59.0 Å². The zero-order valence-electron chi connectivity index (χ0n) is 15.9. The molecule has 5 rings (SSSR count). The largest absolute Gasteiger partial charge is 0.263 e. The van der Waals surface area contributed by atoms with Gasteiger partial charge in [-0.3, -0.25) is 4.57 Å². The standard InChI is InChI=1S/C21H17ClN6S/c1-13-24-25-21-27(11-17-12-29-14(2)23-17)26-20(15-7-9-16(22)10-8-15)18-5-3-4-6-19(18)28(13)21/h3-10,12H,11H2,1-2H3. The number of fused-ring (bicyclic) bond motifs is 3. The van der Waals surface area contributed by atoms with Gasteiger partial charge in [-0.2, -0.15) is 5.10 Å². The molecule has 0 bridgehead atoms. The normalized spacial score (nSPS) is 12.9. The monoisotopic (exact) mass is 420 g/mol. The Morgan fingerprint density at radius 2 is 1.79 bits per heavy atom. The molecule has 0 fully saturated rings. The number of rotatable bonds is 3. The average molecular weight is 421 g/mol. The van der Waals surface area contributed by atoms with Crippen molar-refractivity contribution in [2.75, 3.05) is 5.01 Å². The maximum absolute atomic E-state index is 6.12. The van der Waals surface area contributed by atoms with Crippen LogP contribution < -0.4 is 5.01 Å². The number of hydrogen-bond acceptors (Lipinski definition) is 6. The molecule has 1 aliphatic rings. The predicted molar refractivity (Wildman–Crippen MR) is 116 cm³/mol. The number of para-hydroxylation sites is 1. The molecule has 0 unspecified atom stereocenters. The summed E-state index contributed by atoms with van der Waals surface area (Å²) in [4.78, 5) is 4.61. The lowest BCUT2D eigenvalue weighted by atomic mass is 10.0. The van der Waals surface area contributed by atoms with Crippen LogP contribution in [0, 0.1) is 13.8 Å². The summed E-state index contributed by atoms with van der Waals surface area (Å²) in [6.45, 7) is 4.46. The van der Waals surface area contributed by atoms with Gasteiger partial charge in [0, 0.05) is 21.5 Å². The van der Waals surface area contributed by atoms with Gasteiger partial charge in [0.1, 0.15) is 11.5 Å². The van der Waals surface area contributed by atoms with Crippen molar-refractivity contribution in [3.8, 4) is 5.69 Å². The second-order valence-electron chi connectivity index (χ2n) is 6.77. The summed E-state index contributed by atoms with van der Waals surface area (Å²) in [6.07, 6.45) is 0. The van der Waals surface area contributed by atoms with E-state index in [-0.39, 0.29) is 0 Å².